The Bertz CT molecular complexity index is 453. The molecule has 1 atom stereocenters. The number of likely N-dealkylation sites (tertiary alicyclic amines) is 1. The lowest BCUT2D eigenvalue weighted by Crippen LogP contribution is -2.36. The lowest BCUT2D eigenvalue weighted by Gasteiger charge is -2.30. The van der Waals surface area contributed by atoms with Crippen molar-refractivity contribution in [3.05, 3.63) is 17.5 Å². The molecule has 1 aromatic heterocycles. The summed E-state index contributed by atoms with van der Waals surface area (Å²) in [5.41, 5.74) is 1.62. The highest BCUT2D eigenvalue weighted by Crippen LogP contribution is 2.15. The van der Waals surface area contributed by atoms with Gasteiger partial charge in [0.05, 0.1) is 23.6 Å². The number of unbranched alkanes of at least 4 members (excludes halogenated alkanes) is 2. The van der Waals surface area contributed by atoms with Crippen LogP contribution in [0.2, 0.25) is 0 Å². The molecular weight excluding hydrogens is 292 g/mol. The SMILES string of the molecule is CCN1CCC(OCCCCCc2cc(C(C)O)nn2N)CC1. The van der Waals surface area contributed by atoms with E-state index < -0.39 is 6.10 Å². The van der Waals surface area contributed by atoms with Gasteiger partial charge in [-0.05, 0) is 51.6 Å². The molecule has 0 aromatic carbocycles. The molecule has 6 nitrogen and oxygen atoms in total. The van der Waals surface area contributed by atoms with Gasteiger partial charge in [0.15, 0.2) is 0 Å². The van der Waals surface area contributed by atoms with Crippen molar-refractivity contribution < 1.29 is 9.84 Å². The molecule has 132 valence electrons. The van der Waals surface area contributed by atoms with Gasteiger partial charge in [-0.3, -0.25) is 0 Å². The van der Waals surface area contributed by atoms with Crippen LogP contribution in [0.25, 0.3) is 0 Å². The molecule has 1 saturated heterocycles. The van der Waals surface area contributed by atoms with Gasteiger partial charge in [0.1, 0.15) is 0 Å². The fourth-order valence-corrected chi connectivity index (χ4v) is 3.07. The Kier molecular flexibility index (Phi) is 7.33. The van der Waals surface area contributed by atoms with E-state index in [4.69, 9.17) is 10.6 Å². The molecule has 23 heavy (non-hydrogen) atoms. The van der Waals surface area contributed by atoms with Crippen LogP contribution in [0.4, 0.5) is 0 Å². The molecule has 0 radical (unpaired) electrons. The van der Waals surface area contributed by atoms with Crippen LogP contribution in [0.15, 0.2) is 6.07 Å². The molecule has 1 aliphatic rings. The Hall–Kier alpha value is -1.11. The second-order valence-corrected chi connectivity index (χ2v) is 6.50. The van der Waals surface area contributed by atoms with E-state index in [0.29, 0.717) is 11.8 Å². The first-order valence-corrected chi connectivity index (χ1v) is 8.96. The third-order valence-electron chi connectivity index (χ3n) is 4.67. The van der Waals surface area contributed by atoms with Gasteiger partial charge >= 0.3 is 0 Å². The first-order chi connectivity index (χ1) is 11.1. The molecule has 2 rings (SSSR count). The Morgan fingerprint density at radius 2 is 2.09 bits per heavy atom. The summed E-state index contributed by atoms with van der Waals surface area (Å²) < 4.78 is 5.99. The van der Waals surface area contributed by atoms with E-state index in [1.165, 1.54) is 30.7 Å². The zero-order valence-corrected chi connectivity index (χ0v) is 14.6. The number of hydrogen-bond acceptors (Lipinski definition) is 5. The summed E-state index contributed by atoms with van der Waals surface area (Å²) >= 11 is 0. The number of aliphatic hydroxyl groups excluding tert-OH is 1. The van der Waals surface area contributed by atoms with Crippen LogP contribution in [0.3, 0.4) is 0 Å². The van der Waals surface area contributed by atoms with Crippen molar-refractivity contribution in [3.63, 3.8) is 0 Å². The van der Waals surface area contributed by atoms with E-state index in [0.717, 1.165) is 44.5 Å². The quantitative estimate of drug-likeness (QED) is 0.536. The van der Waals surface area contributed by atoms with Gasteiger partial charge < -0.3 is 20.6 Å². The van der Waals surface area contributed by atoms with Gasteiger partial charge in [0, 0.05) is 19.7 Å². The molecule has 0 saturated carbocycles. The van der Waals surface area contributed by atoms with Crippen LogP contribution in [0.1, 0.15) is 63.4 Å². The zero-order chi connectivity index (χ0) is 16.7. The minimum Gasteiger partial charge on any atom is -0.387 e. The maximum absolute atomic E-state index is 9.51. The Labute approximate surface area is 139 Å². The van der Waals surface area contributed by atoms with Gasteiger partial charge in [-0.25, -0.2) is 0 Å². The second-order valence-electron chi connectivity index (χ2n) is 6.50. The maximum atomic E-state index is 9.51. The summed E-state index contributed by atoms with van der Waals surface area (Å²) in [4.78, 5) is 3.87. The van der Waals surface area contributed by atoms with E-state index >= 15 is 0 Å². The zero-order valence-electron chi connectivity index (χ0n) is 14.6. The lowest BCUT2D eigenvalue weighted by molar-refractivity contribution is 0.00696. The average molecular weight is 324 g/mol. The van der Waals surface area contributed by atoms with Crippen molar-refractivity contribution in [1.82, 2.24) is 14.8 Å². The van der Waals surface area contributed by atoms with Gasteiger partial charge in [0.25, 0.3) is 0 Å². The number of rotatable bonds is 9. The number of ether oxygens (including phenoxy) is 1. The summed E-state index contributed by atoms with van der Waals surface area (Å²) in [6.07, 6.45) is 6.41. The number of piperidine rings is 1. The minimum atomic E-state index is -0.564. The van der Waals surface area contributed by atoms with Crippen LogP contribution in [0.5, 0.6) is 0 Å². The van der Waals surface area contributed by atoms with E-state index in [9.17, 15) is 5.11 Å². The van der Waals surface area contributed by atoms with E-state index in [1.807, 2.05) is 6.07 Å². The largest absolute Gasteiger partial charge is 0.387 e. The van der Waals surface area contributed by atoms with Crippen molar-refractivity contribution in [2.75, 3.05) is 32.1 Å². The highest BCUT2D eigenvalue weighted by atomic mass is 16.5. The smallest absolute Gasteiger partial charge is 0.0951 e. The molecule has 6 heteroatoms. The summed E-state index contributed by atoms with van der Waals surface area (Å²) in [5.74, 6) is 5.81. The first-order valence-electron chi connectivity index (χ1n) is 8.96. The third kappa shape index (κ3) is 5.79. The number of nitrogens with two attached hydrogens (primary N) is 1. The number of aliphatic hydroxyl groups is 1. The first kappa shape index (κ1) is 18.2. The molecular formula is C17H32N4O2. The van der Waals surface area contributed by atoms with Gasteiger partial charge in [-0.2, -0.15) is 9.89 Å². The number of aryl methyl sites for hydroxylation is 1. The monoisotopic (exact) mass is 324 g/mol. The van der Waals surface area contributed by atoms with Crippen LogP contribution < -0.4 is 5.84 Å². The standard InChI is InChI=1S/C17H32N4O2/c1-3-20-10-8-16(9-11-20)23-12-6-4-5-7-15-13-17(14(2)22)19-21(15)18/h13-14,16,22H,3-12,18H2,1-2H3. The molecule has 0 bridgehead atoms. The van der Waals surface area contributed by atoms with Crippen LogP contribution in [-0.2, 0) is 11.2 Å². The fraction of sp³-hybridized carbons (Fsp3) is 0.824. The van der Waals surface area contributed by atoms with Gasteiger partial charge in [-0.15, -0.1) is 0 Å². The number of nitrogen functional groups attached to an aromatic ring is 1. The fourth-order valence-electron chi connectivity index (χ4n) is 3.07. The number of aromatic nitrogens is 2. The predicted octanol–water partition coefficient (Wildman–Crippen LogP) is 1.86. The highest BCUT2D eigenvalue weighted by Gasteiger charge is 2.18. The van der Waals surface area contributed by atoms with Crippen molar-refractivity contribution in [3.8, 4) is 0 Å². The average Bonchev–Trinajstić information content (AvgIpc) is 2.92. The molecule has 1 aliphatic heterocycles. The van der Waals surface area contributed by atoms with E-state index in [1.54, 1.807) is 6.92 Å². The highest BCUT2D eigenvalue weighted by molar-refractivity contribution is 5.12. The molecule has 0 amide bonds. The molecule has 1 aromatic rings. The van der Waals surface area contributed by atoms with Crippen molar-refractivity contribution in [1.29, 1.82) is 0 Å². The van der Waals surface area contributed by atoms with Crippen molar-refractivity contribution >= 4 is 0 Å². The predicted molar refractivity (Wildman–Crippen MR) is 91.7 cm³/mol. The second kappa shape index (κ2) is 9.25. The molecule has 0 aliphatic carbocycles. The van der Waals surface area contributed by atoms with E-state index in [-0.39, 0.29) is 0 Å². The van der Waals surface area contributed by atoms with Crippen LogP contribution in [0, 0.1) is 0 Å². The topological polar surface area (TPSA) is 76.5 Å². The maximum Gasteiger partial charge on any atom is 0.0951 e. The Morgan fingerprint density at radius 3 is 2.70 bits per heavy atom. The molecule has 3 N–H and O–H groups in total. The number of hydrogen-bond donors (Lipinski definition) is 2. The van der Waals surface area contributed by atoms with Crippen LogP contribution in [-0.4, -0.2) is 52.2 Å². The summed E-state index contributed by atoms with van der Waals surface area (Å²) in [6, 6.07) is 1.89. The Balaban J connectivity index is 1.54. The van der Waals surface area contributed by atoms with Crippen molar-refractivity contribution in [2.45, 2.75) is 64.6 Å². The van der Waals surface area contributed by atoms with Gasteiger partial charge in [0.2, 0.25) is 0 Å². The number of nitrogens with zero attached hydrogens (tertiary/aromatic N) is 3. The Morgan fingerprint density at radius 1 is 1.35 bits per heavy atom. The van der Waals surface area contributed by atoms with Crippen molar-refractivity contribution in [2.24, 2.45) is 0 Å². The normalized spacial score (nSPS) is 18.4. The van der Waals surface area contributed by atoms with Gasteiger partial charge in [-0.1, -0.05) is 13.3 Å². The molecule has 2 heterocycles. The molecule has 1 fully saturated rings. The summed E-state index contributed by atoms with van der Waals surface area (Å²) in [7, 11) is 0. The molecule has 1 unspecified atom stereocenters. The third-order valence-corrected chi connectivity index (χ3v) is 4.67. The molecule has 0 spiro atoms. The minimum absolute atomic E-state index is 0.455. The van der Waals surface area contributed by atoms with Crippen LogP contribution >= 0.6 is 0 Å². The van der Waals surface area contributed by atoms with E-state index in [2.05, 4.69) is 16.9 Å². The summed E-state index contributed by atoms with van der Waals surface area (Å²) in [5, 5.41) is 13.6. The lowest BCUT2D eigenvalue weighted by atomic mass is 10.1. The summed E-state index contributed by atoms with van der Waals surface area (Å²) in [6.45, 7) is 8.28.